The van der Waals surface area contributed by atoms with Gasteiger partial charge in [-0.1, -0.05) is 12.1 Å². The predicted octanol–water partition coefficient (Wildman–Crippen LogP) is 2.60. The standard InChI is InChI=1S/C14H13NO4/c1-8-7-12(18)13(9(2)16)14(19-8)15-10-5-3-4-6-11(10)17/h3-7,15,17H,1-2H3. The van der Waals surface area contributed by atoms with Gasteiger partial charge in [0.05, 0.1) is 5.69 Å². The predicted molar refractivity (Wildman–Crippen MR) is 71.1 cm³/mol. The number of Topliss-reactive ketones (excluding diaryl/α,β-unsaturated/α-hetero) is 1. The molecule has 0 aliphatic heterocycles. The number of ketones is 1. The second-order valence-electron chi connectivity index (χ2n) is 4.12. The third-order valence-electron chi connectivity index (χ3n) is 2.58. The average molecular weight is 259 g/mol. The van der Waals surface area contributed by atoms with E-state index in [1.165, 1.54) is 19.1 Å². The van der Waals surface area contributed by atoms with E-state index in [0.717, 1.165) is 0 Å². The smallest absolute Gasteiger partial charge is 0.212 e. The van der Waals surface area contributed by atoms with Crippen molar-refractivity contribution in [1.29, 1.82) is 0 Å². The number of aryl methyl sites for hydroxylation is 1. The second kappa shape index (κ2) is 4.97. The summed E-state index contributed by atoms with van der Waals surface area (Å²) in [5.41, 5.74) is -0.109. The Labute approximate surface area is 109 Å². The molecule has 5 nitrogen and oxygen atoms in total. The molecule has 98 valence electrons. The molecule has 0 saturated heterocycles. The molecular formula is C14H13NO4. The Balaban J connectivity index is 2.54. The third kappa shape index (κ3) is 2.65. The monoisotopic (exact) mass is 259 g/mol. The maximum absolute atomic E-state index is 11.8. The number of hydrogen-bond acceptors (Lipinski definition) is 5. The molecule has 0 aliphatic carbocycles. The molecule has 0 aliphatic rings. The first kappa shape index (κ1) is 12.9. The minimum absolute atomic E-state index is 0.00107. The Hall–Kier alpha value is -2.56. The molecular weight excluding hydrogens is 246 g/mol. The zero-order valence-corrected chi connectivity index (χ0v) is 10.6. The van der Waals surface area contributed by atoms with E-state index in [2.05, 4.69) is 5.32 Å². The van der Waals surface area contributed by atoms with Crippen molar-refractivity contribution in [2.45, 2.75) is 13.8 Å². The summed E-state index contributed by atoms with van der Waals surface area (Å²) in [7, 11) is 0. The largest absolute Gasteiger partial charge is 0.506 e. The maximum atomic E-state index is 11.8. The highest BCUT2D eigenvalue weighted by Crippen LogP contribution is 2.27. The van der Waals surface area contributed by atoms with E-state index in [0.29, 0.717) is 11.4 Å². The fourth-order valence-electron chi connectivity index (χ4n) is 1.73. The molecule has 2 rings (SSSR count). The van der Waals surface area contributed by atoms with Gasteiger partial charge in [0.15, 0.2) is 11.2 Å². The van der Waals surface area contributed by atoms with Gasteiger partial charge in [-0.25, -0.2) is 0 Å². The fraction of sp³-hybridized carbons (Fsp3) is 0.143. The zero-order chi connectivity index (χ0) is 14.0. The lowest BCUT2D eigenvalue weighted by Crippen LogP contribution is -2.15. The van der Waals surface area contributed by atoms with E-state index >= 15 is 0 Å². The van der Waals surface area contributed by atoms with Crippen molar-refractivity contribution in [2.24, 2.45) is 0 Å². The van der Waals surface area contributed by atoms with Gasteiger partial charge < -0.3 is 14.8 Å². The Morgan fingerprint density at radius 2 is 2.00 bits per heavy atom. The number of phenolic OH excluding ortho intramolecular Hbond substituents is 1. The van der Waals surface area contributed by atoms with Crippen molar-refractivity contribution in [1.82, 2.24) is 0 Å². The van der Waals surface area contributed by atoms with Gasteiger partial charge in [-0.15, -0.1) is 0 Å². The quantitative estimate of drug-likeness (QED) is 0.654. The van der Waals surface area contributed by atoms with E-state index in [4.69, 9.17) is 4.42 Å². The SMILES string of the molecule is CC(=O)c1c(Nc2ccccc2O)oc(C)cc1=O. The minimum atomic E-state index is -0.408. The molecule has 1 heterocycles. The molecule has 2 aromatic rings. The summed E-state index contributed by atoms with van der Waals surface area (Å²) in [5, 5.41) is 12.4. The van der Waals surface area contributed by atoms with Crippen LogP contribution in [-0.2, 0) is 0 Å². The van der Waals surface area contributed by atoms with Gasteiger partial charge in [-0.3, -0.25) is 9.59 Å². The molecule has 0 atom stereocenters. The molecule has 0 spiro atoms. The third-order valence-corrected chi connectivity index (χ3v) is 2.58. The van der Waals surface area contributed by atoms with Crippen LogP contribution >= 0.6 is 0 Å². The van der Waals surface area contributed by atoms with Gasteiger partial charge in [-0.05, 0) is 26.0 Å². The van der Waals surface area contributed by atoms with Gasteiger partial charge in [0, 0.05) is 6.07 Å². The number of phenols is 1. The molecule has 0 radical (unpaired) electrons. The van der Waals surface area contributed by atoms with Crippen LogP contribution in [-0.4, -0.2) is 10.9 Å². The Kier molecular flexibility index (Phi) is 3.37. The first-order valence-electron chi connectivity index (χ1n) is 5.69. The van der Waals surface area contributed by atoms with Crippen molar-refractivity contribution in [3.8, 4) is 5.75 Å². The molecule has 0 fully saturated rings. The van der Waals surface area contributed by atoms with Gasteiger partial charge in [0.1, 0.15) is 17.1 Å². The molecule has 19 heavy (non-hydrogen) atoms. The van der Waals surface area contributed by atoms with E-state index < -0.39 is 11.2 Å². The number of anilines is 2. The Morgan fingerprint density at radius 1 is 1.32 bits per heavy atom. The molecule has 2 N–H and O–H groups in total. The summed E-state index contributed by atoms with van der Waals surface area (Å²) in [6, 6.07) is 7.74. The van der Waals surface area contributed by atoms with Crippen molar-refractivity contribution < 1.29 is 14.3 Å². The lowest BCUT2D eigenvalue weighted by Gasteiger charge is -2.10. The van der Waals surface area contributed by atoms with Crippen LogP contribution in [0.2, 0.25) is 0 Å². The molecule has 1 aromatic heterocycles. The summed E-state index contributed by atoms with van der Waals surface area (Å²) in [4.78, 5) is 23.3. The normalized spacial score (nSPS) is 10.2. The number of rotatable bonds is 3. The first-order chi connectivity index (χ1) is 8.99. The van der Waals surface area contributed by atoms with Gasteiger partial charge in [0.25, 0.3) is 0 Å². The summed E-state index contributed by atoms with van der Waals surface area (Å²) < 4.78 is 5.37. The Morgan fingerprint density at radius 3 is 2.63 bits per heavy atom. The second-order valence-corrected chi connectivity index (χ2v) is 4.12. The average Bonchev–Trinajstić information content (AvgIpc) is 2.30. The topological polar surface area (TPSA) is 79.5 Å². The number of hydrogen-bond donors (Lipinski definition) is 2. The van der Waals surface area contributed by atoms with E-state index in [9.17, 15) is 14.7 Å². The summed E-state index contributed by atoms with van der Waals surface area (Å²) in [6.07, 6.45) is 0. The lowest BCUT2D eigenvalue weighted by molar-refractivity contribution is 0.101. The summed E-state index contributed by atoms with van der Waals surface area (Å²) in [5.74, 6) is 0.0275. The van der Waals surface area contributed by atoms with Crippen LogP contribution in [0.1, 0.15) is 23.0 Å². The van der Waals surface area contributed by atoms with Crippen LogP contribution in [0.4, 0.5) is 11.6 Å². The molecule has 5 heteroatoms. The highest BCUT2D eigenvalue weighted by Gasteiger charge is 2.16. The molecule has 0 saturated carbocycles. The fourth-order valence-corrected chi connectivity index (χ4v) is 1.73. The van der Waals surface area contributed by atoms with E-state index in [1.807, 2.05) is 0 Å². The molecule has 0 amide bonds. The van der Waals surface area contributed by atoms with Crippen molar-refractivity contribution in [3.05, 3.63) is 51.9 Å². The maximum Gasteiger partial charge on any atom is 0.212 e. The molecule has 0 bridgehead atoms. The number of para-hydroxylation sites is 2. The summed E-state index contributed by atoms with van der Waals surface area (Å²) >= 11 is 0. The van der Waals surface area contributed by atoms with Gasteiger partial charge in [-0.2, -0.15) is 0 Å². The minimum Gasteiger partial charge on any atom is -0.506 e. The zero-order valence-electron chi connectivity index (χ0n) is 10.6. The van der Waals surface area contributed by atoms with Crippen molar-refractivity contribution in [3.63, 3.8) is 0 Å². The lowest BCUT2D eigenvalue weighted by atomic mass is 10.1. The number of carbonyl (C=O) groups is 1. The van der Waals surface area contributed by atoms with Crippen LogP contribution in [0.15, 0.2) is 39.5 Å². The van der Waals surface area contributed by atoms with Crippen LogP contribution in [0.25, 0.3) is 0 Å². The summed E-state index contributed by atoms with van der Waals surface area (Å²) in [6.45, 7) is 2.90. The number of benzene rings is 1. The van der Waals surface area contributed by atoms with Crippen molar-refractivity contribution >= 4 is 17.4 Å². The highest BCUT2D eigenvalue weighted by atomic mass is 16.4. The van der Waals surface area contributed by atoms with Crippen LogP contribution in [0.5, 0.6) is 5.75 Å². The highest BCUT2D eigenvalue weighted by molar-refractivity contribution is 5.98. The van der Waals surface area contributed by atoms with Gasteiger partial charge >= 0.3 is 0 Å². The van der Waals surface area contributed by atoms with E-state index in [1.54, 1.807) is 25.1 Å². The van der Waals surface area contributed by atoms with Crippen molar-refractivity contribution in [2.75, 3.05) is 5.32 Å². The molecule has 1 aromatic carbocycles. The number of nitrogens with one attached hydrogen (secondary N) is 1. The van der Waals surface area contributed by atoms with Crippen LogP contribution < -0.4 is 10.7 Å². The Bertz CT molecular complexity index is 688. The van der Waals surface area contributed by atoms with Crippen LogP contribution in [0.3, 0.4) is 0 Å². The van der Waals surface area contributed by atoms with E-state index in [-0.39, 0.29) is 17.2 Å². The number of aromatic hydroxyl groups is 1. The van der Waals surface area contributed by atoms with Crippen LogP contribution in [0, 0.1) is 6.92 Å². The number of carbonyl (C=O) groups excluding carboxylic acids is 1. The van der Waals surface area contributed by atoms with Gasteiger partial charge in [0.2, 0.25) is 5.88 Å². The molecule has 0 unspecified atom stereocenters. The first-order valence-corrected chi connectivity index (χ1v) is 5.69.